The maximum absolute atomic E-state index is 12.1. The monoisotopic (exact) mass is 410 g/mol. The van der Waals surface area contributed by atoms with Crippen molar-refractivity contribution in [3.05, 3.63) is 47.1 Å². The highest BCUT2D eigenvalue weighted by Gasteiger charge is 2.32. The quantitative estimate of drug-likeness (QED) is 0.836. The molecule has 1 unspecified atom stereocenters. The van der Waals surface area contributed by atoms with Crippen molar-refractivity contribution >= 4 is 37.4 Å². The fraction of sp³-hybridized carbons (Fsp3) is 0.250. The first kappa shape index (κ1) is 16.9. The van der Waals surface area contributed by atoms with E-state index in [9.17, 15) is 13.2 Å². The first-order chi connectivity index (χ1) is 11.4. The molecule has 126 valence electrons. The van der Waals surface area contributed by atoms with Crippen molar-refractivity contribution in [2.24, 2.45) is 5.92 Å². The fourth-order valence-corrected chi connectivity index (χ4v) is 4.53. The number of rotatable bonds is 4. The van der Waals surface area contributed by atoms with Crippen LogP contribution in [0.2, 0.25) is 0 Å². The van der Waals surface area contributed by atoms with Gasteiger partial charge in [0.15, 0.2) is 9.84 Å². The normalized spacial score (nSPS) is 19.0. The Hall–Kier alpha value is -1.93. The van der Waals surface area contributed by atoms with Gasteiger partial charge in [-0.2, -0.15) is 0 Å². The Labute approximate surface area is 148 Å². The number of benzene rings is 1. The van der Waals surface area contributed by atoms with Gasteiger partial charge in [-0.3, -0.25) is 4.79 Å². The number of carbonyl (C=O) groups is 1. The van der Waals surface area contributed by atoms with Crippen LogP contribution in [0.4, 0.5) is 5.69 Å². The zero-order chi connectivity index (χ0) is 17.2. The second-order valence-electron chi connectivity index (χ2n) is 5.53. The number of sulfone groups is 1. The summed E-state index contributed by atoms with van der Waals surface area (Å²) in [6.07, 6.45) is 1.85. The summed E-state index contributed by atoms with van der Waals surface area (Å²) in [6, 6.07) is 10.7. The van der Waals surface area contributed by atoms with Crippen LogP contribution in [0, 0.1) is 5.92 Å². The number of aromatic nitrogens is 1. The van der Waals surface area contributed by atoms with E-state index in [-0.39, 0.29) is 17.4 Å². The fourth-order valence-electron chi connectivity index (χ4n) is 2.41. The molecule has 2 aromatic rings. The summed E-state index contributed by atoms with van der Waals surface area (Å²) < 4.78 is 29.4. The van der Waals surface area contributed by atoms with Gasteiger partial charge in [-0.15, -0.1) is 0 Å². The molecule has 0 aliphatic carbocycles. The number of amides is 1. The third kappa shape index (κ3) is 4.33. The molecule has 0 bridgehead atoms. The van der Waals surface area contributed by atoms with Crippen molar-refractivity contribution in [2.75, 3.05) is 16.8 Å². The standard InChI is InChI=1S/C16H15BrN2O4S/c17-12-2-1-3-14(8-12)23-15-5-4-13(9-18-15)19-16(20)11-6-7-24(21,22)10-11/h1-5,8-9,11H,6-7,10H2,(H,19,20). The summed E-state index contributed by atoms with van der Waals surface area (Å²) in [6.45, 7) is 0. The van der Waals surface area contributed by atoms with E-state index in [4.69, 9.17) is 4.74 Å². The van der Waals surface area contributed by atoms with Crippen LogP contribution in [0.25, 0.3) is 0 Å². The molecule has 8 heteroatoms. The molecule has 1 fully saturated rings. The lowest BCUT2D eigenvalue weighted by Crippen LogP contribution is -2.23. The molecular formula is C16H15BrN2O4S. The third-order valence-electron chi connectivity index (χ3n) is 3.63. The summed E-state index contributed by atoms with van der Waals surface area (Å²) in [4.78, 5) is 16.2. The predicted molar refractivity (Wildman–Crippen MR) is 93.8 cm³/mol. The first-order valence-electron chi connectivity index (χ1n) is 7.32. The Balaban J connectivity index is 1.61. The van der Waals surface area contributed by atoms with Crippen LogP contribution < -0.4 is 10.1 Å². The number of hydrogen-bond donors (Lipinski definition) is 1. The van der Waals surface area contributed by atoms with E-state index in [0.717, 1.165) is 4.47 Å². The van der Waals surface area contributed by atoms with Gasteiger partial charge in [-0.05, 0) is 30.7 Å². The van der Waals surface area contributed by atoms with E-state index in [1.165, 1.54) is 6.20 Å². The topological polar surface area (TPSA) is 85.4 Å². The zero-order valence-corrected chi connectivity index (χ0v) is 15.0. The molecule has 3 rings (SSSR count). The Bertz CT molecular complexity index is 853. The molecule has 1 aliphatic heterocycles. The van der Waals surface area contributed by atoms with Gasteiger partial charge in [-0.1, -0.05) is 22.0 Å². The Morgan fingerprint density at radius 3 is 2.75 bits per heavy atom. The second kappa shape index (κ2) is 6.90. The summed E-state index contributed by atoms with van der Waals surface area (Å²) in [7, 11) is -3.08. The smallest absolute Gasteiger partial charge is 0.228 e. The SMILES string of the molecule is O=C(Nc1ccc(Oc2cccc(Br)c2)nc1)C1CCS(=O)(=O)C1. The summed E-state index contributed by atoms with van der Waals surface area (Å²) in [5, 5.41) is 2.69. The maximum atomic E-state index is 12.1. The molecule has 0 radical (unpaired) electrons. The molecule has 0 spiro atoms. The molecule has 1 saturated heterocycles. The summed E-state index contributed by atoms with van der Waals surface area (Å²) in [5.41, 5.74) is 0.505. The molecular weight excluding hydrogens is 396 g/mol. The molecule has 2 heterocycles. The summed E-state index contributed by atoms with van der Waals surface area (Å²) >= 11 is 3.36. The van der Waals surface area contributed by atoms with Crippen molar-refractivity contribution in [3.63, 3.8) is 0 Å². The number of halogens is 1. The number of pyridine rings is 1. The summed E-state index contributed by atoms with van der Waals surface area (Å²) in [5.74, 6) is 0.240. The lowest BCUT2D eigenvalue weighted by molar-refractivity contribution is -0.119. The van der Waals surface area contributed by atoms with Gasteiger partial charge < -0.3 is 10.1 Å². The van der Waals surface area contributed by atoms with Gasteiger partial charge in [0.05, 0.1) is 29.3 Å². The van der Waals surface area contributed by atoms with E-state index in [1.54, 1.807) is 12.1 Å². The third-order valence-corrected chi connectivity index (χ3v) is 5.89. The van der Waals surface area contributed by atoms with Gasteiger partial charge in [0.1, 0.15) is 5.75 Å². The van der Waals surface area contributed by atoms with E-state index in [2.05, 4.69) is 26.2 Å². The number of carbonyl (C=O) groups excluding carboxylic acids is 1. The lowest BCUT2D eigenvalue weighted by Gasteiger charge is -2.10. The Morgan fingerprint density at radius 1 is 1.29 bits per heavy atom. The van der Waals surface area contributed by atoms with E-state index in [1.807, 2.05) is 24.3 Å². The van der Waals surface area contributed by atoms with E-state index < -0.39 is 15.8 Å². The van der Waals surface area contributed by atoms with Crippen LogP contribution in [-0.2, 0) is 14.6 Å². The van der Waals surface area contributed by atoms with Gasteiger partial charge in [-0.25, -0.2) is 13.4 Å². The maximum Gasteiger partial charge on any atom is 0.228 e. The molecule has 1 aromatic heterocycles. The number of ether oxygens (including phenoxy) is 1. The minimum absolute atomic E-state index is 0.0722. The van der Waals surface area contributed by atoms with Crippen molar-refractivity contribution < 1.29 is 17.9 Å². The van der Waals surface area contributed by atoms with Crippen LogP contribution in [0.3, 0.4) is 0 Å². The Morgan fingerprint density at radius 2 is 2.12 bits per heavy atom. The Kier molecular flexibility index (Phi) is 4.86. The molecule has 6 nitrogen and oxygen atoms in total. The van der Waals surface area contributed by atoms with Gasteiger partial charge in [0.2, 0.25) is 11.8 Å². The average Bonchev–Trinajstić information content (AvgIpc) is 2.90. The number of hydrogen-bond acceptors (Lipinski definition) is 5. The average molecular weight is 411 g/mol. The number of nitrogens with one attached hydrogen (secondary N) is 1. The van der Waals surface area contributed by atoms with Crippen molar-refractivity contribution in [1.82, 2.24) is 4.98 Å². The molecule has 1 aromatic carbocycles. The van der Waals surface area contributed by atoms with Crippen LogP contribution in [0.5, 0.6) is 11.6 Å². The van der Waals surface area contributed by atoms with E-state index >= 15 is 0 Å². The van der Waals surface area contributed by atoms with Crippen LogP contribution in [0.15, 0.2) is 47.1 Å². The molecule has 0 saturated carbocycles. The van der Waals surface area contributed by atoms with Gasteiger partial charge in [0, 0.05) is 10.5 Å². The first-order valence-corrected chi connectivity index (χ1v) is 9.93. The van der Waals surface area contributed by atoms with Crippen molar-refractivity contribution in [3.8, 4) is 11.6 Å². The van der Waals surface area contributed by atoms with Crippen molar-refractivity contribution in [2.45, 2.75) is 6.42 Å². The van der Waals surface area contributed by atoms with Gasteiger partial charge in [0.25, 0.3) is 0 Å². The second-order valence-corrected chi connectivity index (χ2v) is 8.68. The highest BCUT2D eigenvalue weighted by Crippen LogP contribution is 2.24. The number of nitrogens with zero attached hydrogens (tertiary/aromatic N) is 1. The molecule has 1 amide bonds. The van der Waals surface area contributed by atoms with Crippen LogP contribution >= 0.6 is 15.9 Å². The van der Waals surface area contributed by atoms with Crippen molar-refractivity contribution in [1.29, 1.82) is 0 Å². The molecule has 1 atom stereocenters. The molecule has 24 heavy (non-hydrogen) atoms. The lowest BCUT2D eigenvalue weighted by atomic mass is 10.1. The molecule has 1 aliphatic rings. The van der Waals surface area contributed by atoms with Crippen LogP contribution in [-0.4, -0.2) is 30.8 Å². The minimum atomic E-state index is -3.08. The van der Waals surface area contributed by atoms with Gasteiger partial charge >= 0.3 is 0 Å². The van der Waals surface area contributed by atoms with Crippen LogP contribution in [0.1, 0.15) is 6.42 Å². The van der Waals surface area contributed by atoms with E-state index in [0.29, 0.717) is 23.7 Å². The highest BCUT2D eigenvalue weighted by molar-refractivity contribution is 9.10. The molecule has 1 N–H and O–H groups in total. The minimum Gasteiger partial charge on any atom is -0.439 e. The predicted octanol–water partition coefficient (Wildman–Crippen LogP) is 3.01. The number of anilines is 1. The highest BCUT2D eigenvalue weighted by atomic mass is 79.9. The largest absolute Gasteiger partial charge is 0.439 e. The zero-order valence-electron chi connectivity index (χ0n) is 12.6.